The van der Waals surface area contributed by atoms with Crippen molar-refractivity contribution in [2.24, 2.45) is 0 Å². The van der Waals surface area contributed by atoms with Gasteiger partial charge < -0.3 is 20.1 Å². The number of amides is 2. The molecule has 7 nitrogen and oxygen atoms in total. The van der Waals surface area contributed by atoms with Crippen LogP contribution in [-0.4, -0.2) is 61.8 Å². The fourth-order valence-electron chi connectivity index (χ4n) is 3.31. The largest absolute Gasteiger partial charge is 0.496 e. The van der Waals surface area contributed by atoms with E-state index in [0.717, 1.165) is 30.2 Å². The summed E-state index contributed by atoms with van der Waals surface area (Å²) in [5, 5.41) is 5.68. The third kappa shape index (κ3) is 4.56. The number of rotatable bonds is 6. The van der Waals surface area contributed by atoms with Gasteiger partial charge in [0.1, 0.15) is 5.75 Å². The third-order valence-corrected chi connectivity index (χ3v) is 5.53. The zero-order valence-corrected chi connectivity index (χ0v) is 16.4. The molecule has 0 aromatic heterocycles. The normalized spacial score (nSPS) is 20.7. The molecule has 27 heavy (non-hydrogen) atoms. The van der Waals surface area contributed by atoms with Gasteiger partial charge in [0.05, 0.1) is 25.3 Å². The van der Waals surface area contributed by atoms with Crippen molar-refractivity contribution in [3.63, 3.8) is 0 Å². The molecule has 0 saturated carbocycles. The van der Waals surface area contributed by atoms with E-state index in [1.807, 2.05) is 36.0 Å². The maximum atomic E-state index is 12.8. The van der Waals surface area contributed by atoms with Crippen LogP contribution in [0.1, 0.15) is 18.5 Å². The van der Waals surface area contributed by atoms with E-state index in [9.17, 15) is 9.59 Å². The molecule has 0 radical (unpaired) electrons. The van der Waals surface area contributed by atoms with Crippen LogP contribution in [0.5, 0.6) is 5.75 Å². The molecule has 1 saturated heterocycles. The molecule has 8 heteroatoms. The van der Waals surface area contributed by atoms with Gasteiger partial charge in [0.15, 0.2) is 0 Å². The van der Waals surface area contributed by atoms with Crippen LogP contribution in [0.15, 0.2) is 35.5 Å². The fourth-order valence-corrected chi connectivity index (χ4v) is 4.29. The first-order valence-corrected chi connectivity index (χ1v) is 10.2. The Balaban J connectivity index is 2.02. The zero-order valence-electron chi connectivity index (χ0n) is 15.6. The number of hydrogen-bond donors (Lipinski definition) is 2. The average molecular weight is 391 g/mol. The van der Waals surface area contributed by atoms with Gasteiger partial charge in [0.25, 0.3) is 0 Å². The number of methoxy groups -OCH3 is 1. The monoisotopic (exact) mass is 391 g/mol. The van der Waals surface area contributed by atoms with Crippen LogP contribution in [0, 0.1) is 0 Å². The first-order chi connectivity index (χ1) is 13.1. The molecule has 2 aliphatic heterocycles. The van der Waals surface area contributed by atoms with Gasteiger partial charge in [0.2, 0.25) is 0 Å². The van der Waals surface area contributed by atoms with Crippen LogP contribution in [0.4, 0.5) is 4.79 Å². The minimum absolute atomic E-state index is 0.266. The number of hydrogen-bond acceptors (Lipinski definition) is 6. The topological polar surface area (TPSA) is 79.9 Å². The maximum absolute atomic E-state index is 12.8. The van der Waals surface area contributed by atoms with Gasteiger partial charge in [-0.05, 0) is 13.0 Å². The third-order valence-electron chi connectivity index (χ3n) is 4.58. The zero-order chi connectivity index (χ0) is 19.2. The second kappa shape index (κ2) is 9.14. The molecule has 2 aliphatic rings. The highest BCUT2D eigenvalue weighted by atomic mass is 32.2. The summed E-state index contributed by atoms with van der Waals surface area (Å²) in [5.41, 5.74) is 1.75. The lowest BCUT2D eigenvalue weighted by Gasteiger charge is -2.33. The molecule has 0 bridgehead atoms. The van der Waals surface area contributed by atoms with Crippen LogP contribution in [-0.2, 0) is 9.53 Å². The molecule has 2 heterocycles. The second-order valence-corrected chi connectivity index (χ2v) is 7.50. The molecule has 1 aromatic carbocycles. The van der Waals surface area contributed by atoms with Gasteiger partial charge in [0, 0.05) is 42.4 Å². The molecule has 1 atom stereocenters. The molecule has 146 valence electrons. The van der Waals surface area contributed by atoms with Crippen LogP contribution >= 0.6 is 11.8 Å². The molecule has 0 aliphatic carbocycles. The standard InChI is InChI=1S/C19H25N3O4S/c1-3-26-18(23)16-14(12-22-8-10-27-11-9-22)20-19(24)21-17(16)13-6-4-5-7-15(13)25-2/h4-7,17H,3,8-12H2,1-2H3,(H2,20,21,24)/t17-/m0/s1. The van der Waals surface area contributed by atoms with E-state index >= 15 is 0 Å². The number of carbonyl (C=O) groups excluding carboxylic acids is 2. The number of carbonyl (C=O) groups is 2. The highest BCUT2D eigenvalue weighted by Crippen LogP contribution is 2.33. The van der Waals surface area contributed by atoms with E-state index in [-0.39, 0.29) is 12.6 Å². The minimum atomic E-state index is -0.622. The number of benzene rings is 1. The van der Waals surface area contributed by atoms with Crippen molar-refractivity contribution in [3.8, 4) is 5.75 Å². The summed E-state index contributed by atoms with van der Waals surface area (Å²) in [6.07, 6.45) is 0. The van der Waals surface area contributed by atoms with Crippen molar-refractivity contribution in [1.29, 1.82) is 0 Å². The van der Waals surface area contributed by atoms with E-state index in [1.165, 1.54) is 0 Å². The predicted octanol–water partition coefficient (Wildman–Crippen LogP) is 1.92. The molecular weight excluding hydrogens is 366 g/mol. The smallest absolute Gasteiger partial charge is 0.338 e. The van der Waals surface area contributed by atoms with Crippen LogP contribution in [0.3, 0.4) is 0 Å². The number of para-hydroxylation sites is 1. The van der Waals surface area contributed by atoms with Crippen LogP contribution in [0.25, 0.3) is 0 Å². The fraction of sp³-hybridized carbons (Fsp3) is 0.474. The molecule has 1 fully saturated rings. The van der Waals surface area contributed by atoms with Crippen molar-refractivity contribution in [2.45, 2.75) is 13.0 Å². The Morgan fingerprint density at radius 3 is 2.74 bits per heavy atom. The van der Waals surface area contributed by atoms with Crippen molar-refractivity contribution < 1.29 is 19.1 Å². The molecule has 0 unspecified atom stereocenters. The van der Waals surface area contributed by atoms with Gasteiger partial charge in [-0.1, -0.05) is 18.2 Å². The van der Waals surface area contributed by atoms with Gasteiger partial charge in [-0.3, -0.25) is 4.90 Å². The number of nitrogens with one attached hydrogen (secondary N) is 2. The summed E-state index contributed by atoms with van der Waals surface area (Å²) in [7, 11) is 1.57. The average Bonchev–Trinajstić information content (AvgIpc) is 2.68. The summed E-state index contributed by atoms with van der Waals surface area (Å²) in [5.74, 6) is 2.27. The van der Waals surface area contributed by atoms with E-state index in [4.69, 9.17) is 9.47 Å². The number of nitrogens with zero attached hydrogens (tertiary/aromatic N) is 1. The molecular formula is C19H25N3O4S. The molecule has 2 N–H and O–H groups in total. The van der Waals surface area contributed by atoms with E-state index in [0.29, 0.717) is 23.6 Å². The number of esters is 1. The molecule has 1 aromatic rings. The van der Waals surface area contributed by atoms with Gasteiger partial charge in [-0.15, -0.1) is 0 Å². The van der Waals surface area contributed by atoms with Crippen LogP contribution in [0.2, 0.25) is 0 Å². The van der Waals surface area contributed by atoms with Gasteiger partial charge in [-0.25, -0.2) is 9.59 Å². The highest BCUT2D eigenvalue weighted by molar-refractivity contribution is 7.99. The number of thioether (sulfide) groups is 1. The van der Waals surface area contributed by atoms with Crippen molar-refractivity contribution in [3.05, 3.63) is 41.1 Å². The summed E-state index contributed by atoms with van der Waals surface area (Å²) >= 11 is 1.91. The second-order valence-electron chi connectivity index (χ2n) is 6.27. The first kappa shape index (κ1) is 19.6. The first-order valence-electron chi connectivity index (χ1n) is 9.04. The minimum Gasteiger partial charge on any atom is -0.496 e. The van der Waals surface area contributed by atoms with Crippen molar-refractivity contribution >= 4 is 23.8 Å². The summed E-state index contributed by atoms with van der Waals surface area (Å²) in [6.45, 7) is 4.39. The predicted molar refractivity (Wildman–Crippen MR) is 105 cm³/mol. The Morgan fingerprint density at radius 1 is 1.30 bits per heavy atom. The SMILES string of the molecule is CCOC(=O)C1=C(CN2CCSCC2)NC(=O)N[C@H]1c1ccccc1OC. The lowest BCUT2D eigenvalue weighted by Crippen LogP contribution is -2.49. The van der Waals surface area contributed by atoms with E-state index in [1.54, 1.807) is 14.0 Å². The number of urea groups is 1. The van der Waals surface area contributed by atoms with E-state index < -0.39 is 12.0 Å². The molecule has 2 amide bonds. The maximum Gasteiger partial charge on any atom is 0.338 e. The van der Waals surface area contributed by atoms with Crippen molar-refractivity contribution in [2.75, 3.05) is 44.9 Å². The lowest BCUT2D eigenvalue weighted by molar-refractivity contribution is -0.139. The van der Waals surface area contributed by atoms with Gasteiger partial charge >= 0.3 is 12.0 Å². The number of ether oxygens (including phenoxy) is 2. The quantitative estimate of drug-likeness (QED) is 0.722. The molecule has 0 spiro atoms. The highest BCUT2D eigenvalue weighted by Gasteiger charge is 2.35. The lowest BCUT2D eigenvalue weighted by atomic mass is 9.94. The Hall–Kier alpha value is -2.19. The summed E-state index contributed by atoms with van der Waals surface area (Å²) in [4.78, 5) is 27.4. The van der Waals surface area contributed by atoms with Crippen molar-refractivity contribution in [1.82, 2.24) is 15.5 Å². The Kier molecular flexibility index (Phi) is 6.63. The van der Waals surface area contributed by atoms with Crippen LogP contribution < -0.4 is 15.4 Å². The van der Waals surface area contributed by atoms with E-state index in [2.05, 4.69) is 15.5 Å². The molecule has 3 rings (SSSR count). The summed E-state index contributed by atoms with van der Waals surface area (Å²) < 4.78 is 10.8. The summed E-state index contributed by atoms with van der Waals surface area (Å²) in [6, 6.07) is 6.42. The van der Waals surface area contributed by atoms with Gasteiger partial charge in [-0.2, -0.15) is 11.8 Å². The Bertz CT molecular complexity index is 731. The Morgan fingerprint density at radius 2 is 2.04 bits per heavy atom. The Labute approximate surface area is 163 Å².